The van der Waals surface area contributed by atoms with E-state index in [0.29, 0.717) is 5.92 Å². The molecule has 1 nitrogen and oxygen atoms in total. The zero-order valence-electron chi connectivity index (χ0n) is 32.6. The van der Waals surface area contributed by atoms with Gasteiger partial charge in [-0.05, 0) is 148 Å². The molecule has 1 heteroatoms. The molecule has 0 aliphatic carbocycles. The highest BCUT2D eigenvalue weighted by atomic mass is 15.1. The second-order valence-corrected chi connectivity index (χ2v) is 12.4. The lowest BCUT2D eigenvalue weighted by Crippen LogP contribution is -2.24. The Morgan fingerprint density at radius 3 is 1.96 bits per heavy atom. The van der Waals surface area contributed by atoms with Gasteiger partial charge in [-0.1, -0.05) is 108 Å². The van der Waals surface area contributed by atoms with Gasteiger partial charge >= 0.3 is 0 Å². The molecule has 0 heterocycles. The molecule has 0 bridgehead atoms. The molecule has 0 saturated carbocycles. The molecule has 2 aromatic rings. The van der Waals surface area contributed by atoms with Gasteiger partial charge in [0.05, 0.1) is 0 Å². The van der Waals surface area contributed by atoms with Crippen LogP contribution in [-0.2, 0) is 0 Å². The minimum Gasteiger partial charge on any atom is -0.372 e. The molecule has 0 aromatic heterocycles. The van der Waals surface area contributed by atoms with Crippen LogP contribution in [0.5, 0.6) is 0 Å². The molecule has 0 radical (unpaired) electrons. The summed E-state index contributed by atoms with van der Waals surface area (Å²) in [5, 5.41) is 0. The van der Waals surface area contributed by atoms with E-state index >= 15 is 0 Å². The summed E-state index contributed by atoms with van der Waals surface area (Å²) in [6, 6.07) is 15.7. The molecule has 0 N–H and O–H groups in total. The minimum absolute atomic E-state index is 0.320. The summed E-state index contributed by atoms with van der Waals surface area (Å²) in [5.74, 6) is 0.320. The van der Waals surface area contributed by atoms with E-state index in [1.54, 1.807) is 0 Å². The molecule has 258 valence electrons. The van der Waals surface area contributed by atoms with Crippen LogP contribution in [0.4, 0.5) is 5.69 Å². The van der Waals surface area contributed by atoms with Crippen molar-refractivity contribution in [3.63, 3.8) is 0 Å². The molecule has 2 aromatic carbocycles. The van der Waals surface area contributed by atoms with Crippen LogP contribution in [0.1, 0.15) is 130 Å². The highest BCUT2D eigenvalue weighted by Gasteiger charge is 2.14. The van der Waals surface area contributed by atoms with Crippen LogP contribution >= 0.6 is 0 Å². The first-order valence-electron chi connectivity index (χ1n) is 17.9. The summed E-state index contributed by atoms with van der Waals surface area (Å²) in [6.07, 6.45) is 11.8. The van der Waals surface area contributed by atoms with E-state index in [-0.39, 0.29) is 0 Å². The molecule has 1 atom stereocenters. The molecule has 0 aliphatic heterocycles. The topological polar surface area (TPSA) is 3.24 Å². The predicted octanol–water partition coefficient (Wildman–Crippen LogP) is 14.5. The van der Waals surface area contributed by atoms with E-state index in [9.17, 15) is 0 Å². The molecule has 0 aliphatic rings. The van der Waals surface area contributed by atoms with Crippen LogP contribution in [0.3, 0.4) is 0 Å². The van der Waals surface area contributed by atoms with Gasteiger partial charge in [0, 0.05) is 24.7 Å². The number of rotatable bonds is 16. The Labute approximate surface area is 292 Å². The maximum absolute atomic E-state index is 4.43. The van der Waals surface area contributed by atoms with Crippen molar-refractivity contribution >= 4 is 11.3 Å². The first-order valence-corrected chi connectivity index (χ1v) is 17.9. The standard InChI is InChI=1S/C24H33N.C20H30.C2H6/c1-7-14-25(15-8-2)24-11-9-10-22(17-24)20(5)21(6)23-13-12-18(3)19(4)16-23;1-9-12-13-14-17(7)19(11-3)18(8)20(15(4)5)16(6)10-2;1-2/h9-13,16-17,21H,5,7-8,14-15H2,1-4,6H3;9-11H,1,4,7,12-14H2,2-3,5-6,8H3;1-2H3/b;16-10-,19-11-,20-18-;. The van der Waals surface area contributed by atoms with Crippen LogP contribution in [0.15, 0.2) is 120 Å². The summed E-state index contributed by atoms with van der Waals surface area (Å²) >= 11 is 0. The first-order chi connectivity index (χ1) is 22.4. The Balaban J connectivity index is 0.000000878. The fourth-order valence-electron chi connectivity index (χ4n) is 5.81. The molecular weight excluding hydrogens is 567 g/mol. The van der Waals surface area contributed by atoms with Gasteiger partial charge in [-0.3, -0.25) is 0 Å². The fourth-order valence-corrected chi connectivity index (χ4v) is 5.81. The van der Waals surface area contributed by atoms with E-state index in [2.05, 4.69) is 155 Å². The van der Waals surface area contributed by atoms with Crippen molar-refractivity contribution in [2.75, 3.05) is 18.0 Å². The third-order valence-corrected chi connectivity index (χ3v) is 8.71. The van der Waals surface area contributed by atoms with Gasteiger partial charge in [0.2, 0.25) is 0 Å². The van der Waals surface area contributed by atoms with Crippen molar-refractivity contribution in [3.8, 4) is 0 Å². The number of allylic oxidation sites excluding steroid dienone is 10. The number of hydrogen-bond acceptors (Lipinski definition) is 1. The summed E-state index contributed by atoms with van der Waals surface area (Å²) in [4.78, 5) is 2.48. The number of unbranched alkanes of at least 4 members (excludes halogenated alkanes) is 1. The monoisotopic (exact) mass is 636 g/mol. The highest BCUT2D eigenvalue weighted by Crippen LogP contribution is 2.33. The average molecular weight is 636 g/mol. The molecule has 0 fully saturated rings. The lowest BCUT2D eigenvalue weighted by Gasteiger charge is -2.25. The average Bonchev–Trinajstić information content (AvgIpc) is 3.06. The van der Waals surface area contributed by atoms with Crippen LogP contribution in [0.2, 0.25) is 0 Å². The van der Waals surface area contributed by atoms with Crippen LogP contribution in [-0.4, -0.2) is 13.1 Å². The minimum atomic E-state index is 0.320. The number of hydrogen-bond donors (Lipinski definition) is 0. The van der Waals surface area contributed by atoms with Gasteiger partial charge in [0.1, 0.15) is 0 Å². The molecule has 47 heavy (non-hydrogen) atoms. The van der Waals surface area contributed by atoms with Crippen LogP contribution < -0.4 is 4.90 Å². The van der Waals surface area contributed by atoms with Crippen molar-refractivity contribution in [1.29, 1.82) is 0 Å². The number of aryl methyl sites for hydroxylation is 2. The van der Waals surface area contributed by atoms with Crippen LogP contribution in [0, 0.1) is 13.8 Å². The quantitative estimate of drug-likeness (QED) is 0.101. The van der Waals surface area contributed by atoms with Gasteiger partial charge in [-0.2, -0.15) is 0 Å². The largest absolute Gasteiger partial charge is 0.372 e. The normalized spacial score (nSPS) is 12.4. The van der Waals surface area contributed by atoms with Crippen molar-refractivity contribution in [1.82, 2.24) is 0 Å². The molecule has 1 unspecified atom stereocenters. The smallest absolute Gasteiger partial charge is 0.0372 e. The van der Waals surface area contributed by atoms with E-state index < -0.39 is 0 Å². The van der Waals surface area contributed by atoms with Gasteiger partial charge in [-0.15, -0.1) is 6.58 Å². The Hall–Kier alpha value is -3.58. The van der Waals surface area contributed by atoms with Crippen LogP contribution in [0.25, 0.3) is 5.57 Å². The van der Waals surface area contributed by atoms with Gasteiger partial charge in [0.25, 0.3) is 0 Å². The predicted molar refractivity (Wildman–Crippen MR) is 218 cm³/mol. The second kappa shape index (κ2) is 23.7. The molecule has 0 amide bonds. The Bertz CT molecular complexity index is 1380. The Morgan fingerprint density at radius 2 is 1.47 bits per heavy atom. The van der Waals surface area contributed by atoms with Crippen molar-refractivity contribution in [2.24, 2.45) is 0 Å². The maximum Gasteiger partial charge on any atom is 0.0372 e. The van der Waals surface area contributed by atoms with Crippen molar-refractivity contribution in [3.05, 3.63) is 143 Å². The SMILES string of the molecule is C=C(c1cccc(N(CCC)CCC)c1)C(C)c1ccc(C)c(C)c1.C=CCCCC(=C)C(=C/C)/C(C)=C(C(=C)C)\C(C)=C/C.CC. The lowest BCUT2D eigenvalue weighted by atomic mass is 9.87. The molecular formula is C46H69N. The number of nitrogens with zero attached hydrogens (tertiary/aromatic N) is 1. The molecule has 0 saturated heterocycles. The molecule has 0 spiro atoms. The maximum atomic E-state index is 4.43. The van der Waals surface area contributed by atoms with Crippen molar-refractivity contribution < 1.29 is 0 Å². The Morgan fingerprint density at radius 1 is 0.851 bits per heavy atom. The van der Waals surface area contributed by atoms with Crippen molar-refractivity contribution in [2.45, 2.75) is 121 Å². The van der Waals surface area contributed by atoms with E-state index in [1.807, 2.05) is 19.9 Å². The summed E-state index contributed by atoms with van der Waals surface area (Å²) in [6.45, 7) is 44.4. The zero-order chi connectivity index (χ0) is 36.1. The summed E-state index contributed by atoms with van der Waals surface area (Å²) < 4.78 is 0. The van der Waals surface area contributed by atoms with E-state index in [4.69, 9.17) is 0 Å². The second-order valence-electron chi connectivity index (χ2n) is 12.4. The third-order valence-electron chi connectivity index (χ3n) is 8.71. The fraction of sp³-hybridized carbons (Fsp3) is 0.435. The number of anilines is 1. The van der Waals surface area contributed by atoms with Gasteiger partial charge in [0.15, 0.2) is 0 Å². The first kappa shape index (κ1) is 43.4. The zero-order valence-corrected chi connectivity index (χ0v) is 32.6. The molecule has 2 rings (SSSR count). The van der Waals surface area contributed by atoms with E-state index in [0.717, 1.165) is 37.9 Å². The summed E-state index contributed by atoms with van der Waals surface area (Å²) in [7, 11) is 0. The van der Waals surface area contributed by atoms with E-state index in [1.165, 1.54) is 74.2 Å². The highest BCUT2D eigenvalue weighted by molar-refractivity contribution is 5.72. The lowest BCUT2D eigenvalue weighted by molar-refractivity contribution is 0.745. The third kappa shape index (κ3) is 14.0. The van der Waals surface area contributed by atoms with Gasteiger partial charge in [-0.25, -0.2) is 0 Å². The summed E-state index contributed by atoms with van der Waals surface area (Å²) in [5.41, 5.74) is 15.2. The van der Waals surface area contributed by atoms with Gasteiger partial charge < -0.3 is 4.90 Å². The number of benzene rings is 2. The Kier molecular flexibility index (Phi) is 21.9.